The van der Waals surface area contributed by atoms with E-state index in [2.05, 4.69) is 5.32 Å². The highest BCUT2D eigenvalue weighted by atomic mass is 19.1. The van der Waals surface area contributed by atoms with Crippen LogP contribution in [0.25, 0.3) is 0 Å². The zero-order valence-electron chi connectivity index (χ0n) is 11.1. The standard InChI is InChI=1S/C14H19FN2O2/c1-17(14(18)13-10-19-8-6-16-13)7-5-11-3-2-4-12(15)9-11/h2-4,9,13,16H,5-8,10H2,1H3. The van der Waals surface area contributed by atoms with Crippen molar-refractivity contribution < 1.29 is 13.9 Å². The summed E-state index contributed by atoms with van der Waals surface area (Å²) in [6, 6.07) is 6.21. The first-order chi connectivity index (χ1) is 9.16. The molecule has 0 saturated carbocycles. The Balaban J connectivity index is 1.83. The molecule has 0 bridgehead atoms. The number of nitrogens with one attached hydrogen (secondary N) is 1. The number of amides is 1. The van der Waals surface area contributed by atoms with E-state index in [-0.39, 0.29) is 17.8 Å². The summed E-state index contributed by atoms with van der Waals surface area (Å²) >= 11 is 0. The van der Waals surface area contributed by atoms with E-state index < -0.39 is 0 Å². The fourth-order valence-corrected chi connectivity index (χ4v) is 2.09. The van der Waals surface area contributed by atoms with Crippen molar-refractivity contribution in [1.82, 2.24) is 10.2 Å². The predicted molar refractivity (Wildman–Crippen MR) is 70.4 cm³/mol. The number of hydrogen-bond acceptors (Lipinski definition) is 3. The van der Waals surface area contributed by atoms with E-state index in [1.165, 1.54) is 12.1 Å². The fraction of sp³-hybridized carbons (Fsp3) is 0.500. The third kappa shape index (κ3) is 4.01. The van der Waals surface area contributed by atoms with Crippen LogP contribution in [0.4, 0.5) is 4.39 Å². The van der Waals surface area contributed by atoms with E-state index in [0.717, 1.165) is 5.56 Å². The van der Waals surface area contributed by atoms with Crippen LogP contribution >= 0.6 is 0 Å². The summed E-state index contributed by atoms with van der Waals surface area (Å²) < 4.78 is 18.3. The SMILES string of the molecule is CN(CCc1cccc(F)c1)C(=O)C1COCCN1. The Labute approximate surface area is 112 Å². The molecule has 1 amide bonds. The second-order valence-corrected chi connectivity index (χ2v) is 4.72. The summed E-state index contributed by atoms with van der Waals surface area (Å²) in [4.78, 5) is 13.8. The second-order valence-electron chi connectivity index (χ2n) is 4.72. The number of nitrogens with zero attached hydrogens (tertiary/aromatic N) is 1. The van der Waals surface area contributed by atoms with Crippen LogP contribution in [0.2, 0.25) is 0 Å². The van der Waals surface area contributed by atoms with Gasteiger partial charge < -0.3 is 15.0 Å². The van der Waals surface area contributed by atoms with Crippen molar-refractivity contribution in [2.45, 2.75) is 12.5 Å². The molecule has 104 valence electrons. The van der Waals surface area contributed by atoms with Gasteiger partial charge in [0.05, 0.1) is 13.2 Å². The predicted octanol–water partition coefficient (Wildman–Crippen LogP) is 0.815. The van der Waals surface area contributed by atoms with Crippen LogP contribution in [-0.2, 0) is 16.0 Å². The van der Waals surface area contributed by atoms with Crippen molar-refractivity contribution >= 4 is 5.91 Å². The zero-order chi connectivity index (χ0) is 13.7. The first kappa shape index (κ1) is 14.0. The monoisotopic (exact) mass is 266 g/mol. The molecule has 1 fully saturated rings. The highest BCUT2D eigenvalue weighted by Crippen LogP contribution is 2.06. The Morgan fingerprint density at radius 1 is 1.58 bits per heavy atom. The number of halogens is 1. The molecule has 1 aliphatic heterocycles. The maximum Gasteiger partial charge on any atom is 0.241 e. The molecule has 1 aromatic rings. The van der Waals surface area contributed by atoms with Crippen LogP contribution in [0.3, 0.4) is 0 Å². The quantitative estimate of drug-likeness (QED) is 0.877. The van der Waals surface area contributed by atoms with Crippen LogP contribution < -0.4 is 5.32 Å². The maximum absolute atomic E-state index is 13.0. The molecule has 1 aromatic carbocycles. The molecule has 1 aliphatic rings. The normalized spacial score (nSPS) is 19.2. The lowest BCUT2D eigenvalue weighted by molar-refractivity contribution is -0.135. The van der Waals surface area contributed by atoms with Gasteiger partial charge >= 0.3 is 0 Å². The van der Waals surface area contributed by atoms with Crippen molar-refractivity contribution in [1.29, 1.82) is 0 Å². The Morgan fingerprint density at radius 2 is 2.42 bits per heavy atom. The summed E-state index contributed by atoms with van der Waals surface area (Å²) in [5.41, 5.74) is 0.896. The van der Waals surface area contributed by atoms with Gasteiger partial charge in [0.1, 0.15) is 11.9 Å². The Hall–Kier alpha value is -1.46. The van der Waals surface area contributed by atoms with Gasteiger partial charge in [-0.25, -0.2) is 4.39 Å². The Morgan fingerprint density at radius 3 is 3.11 bits per heavy atom. The molecule has 0 aliphatic carbocycles. The smallest absolute Gasteiger partial charge is 0.241 e. The Bertz CT molecular complexity index is 433. The zero-order valence-corrected chi connectivity index (χ0v) is 11.1. The first-order valence-corrected chi connectivity index (χ1v) is 6.47. The third-order valence-corrected chi connectivity index (χ3v) is 3.22. The average Bonchev–Trinajstić information content (AvgIpc) is 2.45. The van der Waals surface area contributed by atoms with E-state index in [1.807, 2.05) is 6.07 Å². The summed E-state index contributed by atoms with van der Waals surface area (Å²) in [5.74, 6) is -0.218. The molecule has 4 nitrogen and oxygen atoms in total. The van der Waals surface area contributed by atoms with Crippen molar-refractivity contribution in [3.63, 3.8) is 0 Å². The van der Waals surface area contributed by atoms with E-state index in [4.69, 9.17) is 4.74 Å². The minimum absolute atomic E-state index is 0.0242. The number of carbonyl (C=O) groups is 1. The molecule has 1 saturated heterocycles. The first-order valence-electron chi connectivity index (χ1n) is 6.47. The van der Waals surface area contributed by atoms with Crippen LogP contribution in [0.1, 0.15) is 5.56 Å². The second kappa shape index (κ2) is 6.63. The van der Waals surface area contributed by atoms with Gasteiger partial charge in [-0.15, -0.1) is 0 Å². The lowest BCUT2D eigenvalue weighted by Crippen LogP contribution is -2.51. The van der Waals surface area contributed by atoms with Crippen LogP contribution in [-0.4, -0.2) is 50.2 Å². The van der Waals surface area contributed by atoms with E-state index in [9.17, 15) is 9.18 Å². The number of rotatable bonds is 4. The topological polar surface area (TPSA) is 41.6 Å². The molecular weight excluding hydrogens is 247 g/mol. The van der Waals surface area contributed by atoms with Crippen LogP contribution in [0.5, 0.6) is 0 Å². The van der Waals surface area contributed by atoms with Crippen molar-refractivity contribution in [3.05, 3.63) is 35.6 Å². The highest BCUT2D eigenvalue weighted by molar-refractivity contribution is 5.81. The summed E-state index contributed by atoms with van der Waals surface area (Å²) in [5, 5.41) is 3.13. The lowest BCUT2D eigenvalue weighted by Gasteiger charge is -2.27. The van der Waals surface area contributed by atoms with Gasteiger partial charge in [-0.05, 0) is 24.1 Å². The molecule has 19 heavy (non-hydrogen) atoms. The molecular formula is C14H19FN2O2. The third-order valence-electron chi connectivity index (χ3n) is 3.22. The molecule has 0 radical (unpaired) electrons. The number of likely N-dealkylation sites (N-methyl/N-ethyl adjacent to an activating group) is 1. The van der Waals surface area contributed by atoms with Crippen molar-refractivity contribution in [3.8, 4) is 0 Å². The number of hydrogen-bond donors (Lipinski definition) is 1. The number of morpholine rings is 1. The molecule has 1 N–H and O–H groups in total. The number of benzene rings is 1. The van der Waals surface area contributed by atoms with Crippen LogP contribution in [0, 0.1) is 5.82 Å². The van der Waals surface area contributed by atoms with Gasteiger partial charge in [0.15, 0.2) is 0 Å². The molecule has 1 heterocycles. The summed E-state index contributed by atoms with van der Waals surface area (Å²) in [6.45, 7) is 2.34. The van der Waals surface area contributed by atoms with E-state index in [1.54, 1.807) is 18.0 Å². The highest BCUT2D eigenvalue weighted by Gasteiger charge is 2.23. The van der Waals surface area contributed by atoms with Gasteiger partial charge in [-0.2, -0.15) is 0 Å². The molecule has 2 rings (SSSR count). The minimum Gasteiger partial charge on any atom is -0.378 e. The maximum atomic E-state index is 13.0. The largest absolute Gasteiger partial charge is 0.378 e. The van der Waals surface area contributed by atoms with E-state index >= 15 is 0 Å². The molecule has 0 aromatic heterocycles. The number of ether oxygens (including phenoxy) is 1. The van der Waals surface area contributed by atoms with Gasteiger partial charge in [0.2, 0.25) is 5.91 Å². The van der Waals surface area contributed by atoms with Crippen molar-refractivity contribution in [2.24, 2.45) is 0 Å². The molecule has 1 unspecified atom stereocenters. The average molecular weight is 266 g/mol. The summed E-state index contributed by atoms with van der Waals surface area (Å²) in [6.07, 6.45) is 0.646. The van der Waals surface area contributed by atoms with E-state index in [0.29, 0.717) is 32.7 Å². The molecule has 5 heteroatoms. The number of carbonyl (C=O) groups excluding carboxylic acids is 1. The van der Waals surface area contributed by atoms with Gasteiger partial charge in [0, 0.05) is 20.1 Å². The Kier molecular flexibility index (Phi) is 4.87. The fourth-order valence-electron chi connectivity index (χ4n) is 2.09. The van der Waals surface area contributed by atoms with Crippen LogP contribution in [0.15, 0.2) is 24.3 Å². The van der Waals surface area contributed by atoms with Gasteiger partial charge in [-0.3, -0.25) is 4.79 Å². The van der Waals surface area contributed by atoms with Crippen molar-refractivity contribution in [2.75, 3.05) is 33.4 Å². The molecule has 0 spiro atoms. The molecule has 1 atom stereocenters. The van der Waals surface area contributed by atoms with Gasteiger partial charge in [0.25, 0.3) is 0 Å². The van der Waals surface area contributed by atoms with Gasteiger partial charge in [-0.1, -0.05) is 12.1 Å². The summed E-state index contributed by atoms with van der Waals surface area (Å²) in [7, 11) is 1.76. The lowest BCUT2D eigenvalue weighted by atomic mass is 10.1. The minimum atomic E-state index is -0.258.